The Bertz CT molecular complexity index is 797. The van der Waals surface area contributed by atoms with Gasteiger partial charge in [0.1, 0.15) is 0 Å². The Morgan fingerprint density at radius 1 is 1.07 bits per heavy atom. The van der Waals surface area contributed by atoms with E-state index < -0.39 is 0 Å². The van der Waals surface area contributed by atoms with Crippen LogP contribution in [-0.2, 0) is 6.42 Å². The normalized spacial score (nSPS) is 14.2. The first-order valence-electron chi connectivity index (χ1n) is 10.0. The lowest BCUT2D eigenvalue weighted by Crippen LogP contribution is -2.53. The van der Waals surface area contributed by atoms with Crippen molar-refractivity contribution < 1.29 is 9.47 Å². The summed E-state index contributed by atoms with van der Waals surface area (Å²) in [7, 11) is 3.30. The van der Waals surface area contributed by atoms with Crippen LogP contribution >= 0.6 is 24.0 Å². The van der Waals surface area contributed by atoms with Gasteiger partial charge in [0.15, 0.2) is 17.5 Å². The lowest BCUT2D eigenvalue weighted by molar-refractivity contribution is 0.354. The number of aromatic nitrogens is 2. The first kappa shape index (κ1) is 24.0. The van der Waals surface area contributed by atoms with Crippen molar-refractivity contribution in [2.24, 2.45) is 4.99 Å². The van der Waals surface area contributed by atoms with Gasteiger partial charge in [-0.15, -0.1) is 24.0 Å². The zero-order valence-electron chi connectivity index (χ0n) is 17.9. The summed E-state index contributed by atoms with van der Waals surface area (Å²) in [6.45, 7) is 7.18. The molecule has 0 atom stereocenters. The van der Waals surface area contributed by atoms with Crippen LogP contribution in [0.5, 0.6) is 11.5 Å². The Balaban J connectivity index is 0.00000320. The van der Waals surface area contributed by atoms with Crippen LogP contribution in [0.1, 0.15) is 12.5 Å². The van der Waals surface area contributed by atoms with Gasteiger partial charge in [-0.2, -0.15) is 0 Å². The topological polar surface area (TPSA) is 75.1 Å². The van der Waals surface area contributed by atoms with Crippen molar-refractivity contribution in [3.8, 4) is 11.5 Å². The molecule has 9 heteroatoms. The summed E-state index contributed by atoms with van der Waals surface area (Å²) in [4.78, 5) is 18.1. The number of methoxy groups -OCH3 is 2. The van der Waals surface area contributed by atoms with Gasteiger partial charge in [0, 0.05) is 51.7 Å². The van der Waals surface area contributed by atoms with E-state index in [-0.39, 0.29) is 24.0 Å². The zero-order chi connectivity index (χ0) is 20.5. The second kappa shape index (κ2) is 12.4. The summed E-state index contributed by atoms with van der Waals surface area (Å²) in [6, 6.07) is 7.85. The molecule has 0 unspecified atom stereocenters. The number of hydrogen-bond acceptors (Lipinski definition) is 6. The highest BCUT2D eigenvalue weighted by Crippen LogP contribution is 2.27. The van der Waals surface area contributed by atoms with Crippen molar-refractivity contribution in [1.29, 1.82) is 0 Å². The van der Waals surface area contributed by atoms with Crippen molar-refractivity contribution in [2.75, 3.05) is 58.4 Å². The smallest absolute Gasteiger partial charge is 0.225 e. The number of halogens is 1. The highest BCUT2D eigenvalue weighted by Gasteiger charge is 2.21. The SMILES string of the molecule is CCNC(=NCCc1ccc(OC)c(OC)c1)N1CCN(c2ncccn2)CC1.I. The molecule has 1 fully saturated rings. The lowest BCUT2D eigenvalue weighted by Gasteiger charge is -2.36. The van der Waals surface area contributed by atoms with Gasteiger partial charge >= 0.3 is 0 Å². The van der Waals surface area contributed by atoms with Gasteiger partial charge in [0.05, 0.1) is 14.2 Å². The second-order valence-electron chi connectivity index (χ2n) is 6.70. The molecule has 164 valence electrons. The summed E-state index contributed by atoms with van der Waals surface area (Å²) in [5, 5.41) is 3.42. The number of ether oxygens (including phenoxy) is 2. The van der Waals surface area contributed by atoms with E-state index in [2.05, 4.69) is 38.1 Å². The number of nitrogens with one attached hydrogen (secondary N) is 1. The monoisotopic (exact) mass is 526 g/mol. The molecular formula is C21H31IN6O2. The number of aliphatic imine (C=N–C) groups is 1. The average molecular weight is 526 g/mol. The van der Waals surface area contributed by atoms with Crippen LogP contribution in [-0.4, -0.2) is 74.3 Å². The van der Waals surface area contributed by atoms with Crippen LogP contribution in [0, 0.1) is 0 Å². The van der Waals surface area contributed by atoms with Crippen molar-refractivity contribution in [3.63, 3.8) is 0 Å². The first-order valence-corrected chi connectivity index (χ1v) is 10.0. The van der Waals surface area contributed by atoms with Gasteiger partial charge in [0.2, 0.25) is 5.95 Å². The number of benzene rings is 1. The Kier molecular flexibility index (Phi) is 9.92. The molecule has 2 heterocycles. The standard InChI is InChI=1S/C21H30N6O2.HI/c1-4-22-20(25-11-8-17-6-7-18(28-2)19(16-17)29-3)26-12-14-27(15-13-26)21-23-9-5-10-24-21;/h5-7,9-10,16H,4,8,11-15H2,1-3H3,(H,22,25);1H. The van der Waals surface area contributed by atoms with Gasteiger partial charge in [-0.1, -0.05) is 6.07 Å². The van der Waals surface area contributed by atoms with E-state index in [0.717, 1.165) is 62.6 Å². The van der Waals surface area contributed by atoms with E-state index in [0.29, 0.717) is 6.54 Å². The molecule has 30 heavy (non-hydrogen) atoms. The fraction of sp³-hybridized carbons (Fsp3) is 0.476. The van der Waals surface area contributed by atoms with Crippen molar-refractivity contribution >= 4 is 35.9 Å². The molecule has 1 aromatic carbocycles. The number of piperazine rings is 1. The van der Waals surface area contributed by atoms with E-state index in [9.17, 15) is 0 Å². The van der Waals surface area contributed by atoms with Crippen LogP contribution in [0.2, 0.25) is 0 Å². The maximum atomic E-state index is 5.39. The van der Waals surface area contributed by atoms with Gasteiger partial charge < -0.3 is 24.6 Å². The van der Waals surface area contributed by atoms with Gasteiger partial charge in [-0.3, -0.25) is 4.99 Å². The number of nitrogens with zero attached hydrogens (tertiary/aromatic N) is 5. The number of anilines is 1. The largest absolute Gasteiger partial charge is 0.493 e. The van der Waals surface area contributed by atoms with Crippen LogP contribution in [0.4, 0.5) is 5.95 Å². The lowest BCUT2D eigenvalue weighted by atomic mass is 10.1. The third kappa shape index (κ3) is 6.35. The predicted molar refractivity (Wildman–Crippen MR) is 130 cm³/mol. The van der Waals surface area contributed by atoms with Crippen LogP contribution in [0.25, 0.3) is 0 Å². The average Bonchev–Trinajstić information content (AvgIpc) is 2.79. The number of hydrogen-bond donors (Lipinski definition) is 1. The van der Waals surface area contributed by atoms with E-state index in [1.165, 1.54) is 5.56 Å². The number of rotatable bonds is 7. The van der Waals surface area contributed by atoms with Crippen molar-refractivity contribution in [3.05, 3.63) is 42.2 Å². The minimum absolute atomic E-state index is 0. The third-order valence-corrected chi connectivity index (χ3v) is 4.86. The first-order chi connectivity index (χ1) is 14.2. The van der Waals surface area contributed by atoms with Crippen LogP contribution < -0.4 is 19.7 Å². The molecule has 0 aliphatic carbocycles. The molecule has 1 aliphatic heterocycles. The second-order valence-corrected chi connectivity index (χ2v) is 6.70. The predicted octanol–water partition coefficient (Wildman–Crippen LogP) is 2.44. The van der Waals surface area contributed by atoms with E-state index in [1.807, 2.05) is 18.2 Å². The molecule has 1 aliphatic rings. The van der Waals surface area contributed by atoms with E-state index in [4.69, 9.17) is 14.5 Å². The third-order valence-electron chi connectivity index (χ3n) is 4.86. The quantitative estimate of drug-likeness (QED) is 0.338. The molecule has 1 aromatic heterocycles. The van der Waals surface area contributed by atoms with Crippen molar-refractivity contribution in [1.82, 2.24) is 20.2 Å². The minimum Gasteiger partial charge on any atom is -0.493 e. The Morgan fingerprint density at radius 3 is 2.40 bits per heavy atom. The maximum Gasteiger partial charge on any atom is 0.225 e. The molecule has 2 aromatic rings. The summed E-state index contributed by atoms with van der Waals surface area (Å²) in [6.07, 6.45) is 4.41. The van der Waals surface area contributed by atoms with Gasteiger partial charge in [-0.25, -0.2) is 9.97 Å². The summed E-state index contributed by atoms with van der Waals surface area (Å²) < 4.78 is 10.7. The Morgan fingerprint density at radius 2 is 1.77 bits per heavy atom. The Hall–Kier alpha value is -2.30. The molecule has 1 saturated heterocycles. The van der Waals surface area contributed by atoms with Crippen LogP contribution in [0.3, 0.4) is 0 Å². The fourth-order valence-corrected chi connectivity index (χ4v) is 3.33. The molecule has 1 N–H and O–H groups in total. The van der Waals surface area contributed by atoms with Crippen LogP contribution in [0.15, 0.2) is 41.7 Å². The van der Waals surface area contributed by atoms with Gasteiger partial charge in [-0.05, 0) is 37.1 Å². The molecule has 0 spiro atoms. The summed E-state index contributed by atoms with van der Waals surface area (Å²) in [5.74, 6) is 3.25. The molecule has 3 rings (SSSR count). The maximum absolute atomic E-state index is 5.39. The molecule has 0 bridgehead atoms. The highest BCUT2D eigenvalue weighted by molar-refractivity contribution is 14.0. The zero-order valence-corrected chi connectivity index (χ0v) is 20.2. The van der Waals surface area contributed by atoms with E-state index >= 15 is 0 Å². The van der Waals surface area contributed by atoms with Crippen molar-refractivity contribution in [2.45, 2.75) is 13.3 Å². The minimum atomic E-state index is 0. The van der Waals surface area contributed by atoms with Gasteiger partial charge in [0.25, 0.3) is 0 Å². The molecule has 0 amide bonds. The summed E-state index contributed by atoms with van der Waals surface area (Å²) >= 11 is 0. The molecular weight excluding hydrogens is 495 g/mol. The molecule has 0 radical (unpaired) electrons. The number of guanidine groups is 1. The fourth-order valence-electron chi connectivity index (χ4n) is 3.33. The summed E-state index contributed by atoms with van der Waals surface area (Å²) in [5.41, 5.74) is 1.17. The van der Waals surface area contributed by atoms with E-state index in [1.54, 1.807) is 26.6 Å². The Labute approximate surface area is 195 Å². The highest BCUT2D eigenvalue weighted by atomic mass is 127. The molecule has 0 saturated carbocycles. The molecule has 8 nitrogen and oxygen atoms in total.